The van der Waals surface area contributed by atoms with Crippen LogP contribution >= 0.6 is 0 Å². The lowest BCUT2D eigenvalue weighted by molar-refractivity contribution is 0.247. The molecular weight excluding hydrogens is 226 g/mol. The third kappa shape index (κ3) is 3.57. The van der Waals surface area contributed by atoms with Crippen molar-refractivity contribution < 1.29 is 9.52 Å². The van der Waals surface area contributed by atoms with Gasteiger partial charge in [-0.25, -0.2) is 0 Å². The molecule has 0 radical (unpaired) electrons. The van der Waals surface area contributed by atoms with Gasteiger partial charge in [-0.05, 0) is 31.0 Å². The number of nitrogens with zero attached hydrogens (tertiary/aromatic N) is 1. The van der Waals surface area contributed by atoms with Gasteiger partial charge in [0.25, 0.3) is 0 Å². The molecule has 2 aromatic rings. The van der Waals surface area contributed by atoms with Gasteiger partial charge >= 0.3 is 0 Å². The Balaban J connectivity index is 1.92. The molecule has 3 nitrogen and oxygen atoms in total. The molecular formula is C15H17NO2. The minimum atomic E-state index is -0.0760. The normalized spacial score (nSPS) is 13.0. The van der Waals surface area contributed by atoms with Gasteiger partial charge in [0.15, 0.2) is 0 Å². The zero-order chi connectivity index (χ0) is 12.8. The van der Waals surface area contributed by atoms with E-state index in [0.717, 1.165) is 6.42 Å². The van der Waals surface area contributed by atoms with Gasteiger partial charge in [-0.2, -0.15) is 0 Å². The van der Waals surface area contributed by atoms with E-state index in [2.05, 4.69) is 24.0 Å². The summed E-state index contributed by atoms with van der Waals surface area (Å²) in [7, 11) is 0. The zero-order valence-corrected chi connectivity index (χ0v) is 10.4. The fourth-order valence-corrected chi connectivity index (χ4v) is 1.76. The van der Waals surface area contributed by atoms with Gasteiger partial charge in [0.05, 0.1) is 12.3 Å². The molecule has 0 saturated carbocycles. The quantitative estimate of drug-likeness (QED) is 0.821. The number of aliphatic hydroxyl groups is 1. The Bertz CT molecular complexity index is 502. The van der Waals surface area contributed by atoms with Gasteiger partial charge in [-0.3, -0.25) is 4.99 Å². The summed E-state index contributed by atoms with van der Waals surface area (Å²) in [5.74, 6) is 1.24. The first-order chi connectivity index (χ1) is 8.78. The van der Waals surface area contributed by atoms with E-state index in [0.29, 0.717) is 11.5 Å². The van der Waals surface area contributed by atoms with Crippen molar-refractivity contribution in [2.75, 3.05) is 0 Å². The van der Waals surface area contributed by atoms with Crippen LogP contribution in [0.5, 0.6) is 0 Å². The molecule has 0 spiro atoms. The molecule has 94 valence electrons. The van der Waals surface area contributed by atoms with Crippen molar-refractivity contribution in [3.05, 3.63) is 59.5 Å². The Morgan fingerprint density at radius 3 is 2.67 bits per heavy atom. The maximum Gasteiger partial charge on any atom is 0.144 e. The van der Waals surface area contributed by atoms with Gasteiger partial charge in [-0.15, -0.1) is 0 Å². The fourth-order valence-electron chi connectivity index (χ4n) is 1.76. The van der Waals surface area contributed by atoms with E-state index < -0.39 is 0 Å². The van der Waals surface area contributed by atoms with Crippen LogP contribution < -0.4 is 0 Å². The largest absolute Gasteiger partial charge is 0.458 e. The summed E-state index contributed by atoms with van der Waals surface area (Å²) in [5, 5.41) is 8.88. The first-order valence-electron chi connectivity index (χ1n) is 6.04. The van der Waals surface area contributed by atoms with E-state index in [-0.39, 0.29) is 12.6 Å². The van der Waals surface area contributed by atoms with Crippen LogP contribution in [0, 0.1) is 0 Å². The van der Waals surface area contributed by atoms with E-state index in [9.17, 15) is 0 Å². The molecule has 2 rings (SSSR count). The van der Waals surface area contributed by atoms with Crippen LogP contribution in [0.25, 0.3) is 0 Å². The Kier molecular flexibility index (Phi) is 4.31. The number of aliphatic hydroxyl groups excluding tert-OH is 1. The third-order valence-corrected chi connectivity index (χ3v) is 2.67. The van der Waals surface area contributed by atoms with Crippen molar-refractivity contribution in [3.8, 4) is 0 Å². The van der Waals surface area contributed by atoms with Crippen LogP contribution in [-0.4, -0.2) is 17.4 Å². The molecule has 0 saturated heterocycles. The molecule has 0 aliphatic carbocycles. The number of aliphatic imine (C=N–C) groups is 1. The van der Waals surface area contributed by atoms with Gasteiger partial charge in [0, 0.05) is 0 Å². The van der Waals surface area contributed by atoms with Crippen LogP contribution in [0.2, 0.25) is 0 Å². The average molecular weight is 243 g/mol. The van der Waals surface area contributed by atoms with Crippen molar-refractivity contribution >= 4 is 6.21 Å². The second-order valence-corrected chi connectivity index (χ2v) is 4.28. The third-order valence-electron chi connectivity index (χ3n) is 2.67. The van der Waals surface area contributed by atoms with Crippen LogP contribution in [0.3, 0.4) is 0 Å². The minimum absolute atomic E-state index is 0.0760. The first kappa shape index (κ1) is 12.6. The van der Waals surface area contributed by atoms with Crippen molar-refractivity contribution in [2.45, 2.75) is 26.0 Å². The topological polar surface area (TPSA) is 45.7 Å². The zero-order valence-electron chi connectivity index (χ0n) is 10.4. The Hall–Kier alpha value is -1.87. The number of furan rings is 1. The summed E-state index contributed by atoms with van der Waals surface area (Å²) in [6, 6.07) is 14.0. The van der Waals surface area contributed by atoms with E-state index in [1.54, 1.807) is 12.3 Å². The van der Waals surface area contributed by atoms with Crippen molar-refractivity contribution in [1.82, 2.24) is 0 Å². The standard InChI is InChI=1S/C15H17NO2/c1-12(9-13-5-3-2-4-6-13)16-10-14-7-8-15(11-17)18-14/h2-8,10,12,17H,9,11H2,1H3. The molecule has 3 heteroatoms. The van der Waals surface area contributed by atoms with Gasteiger partial charge in [0.1, 0.15) is 18.1 Å². The molecule has 1 atom stereocenters. The maximum absolute atomic E-state index is 8.88. The second-order valence-electron chi connectivity index (χ2n) is 4.28. The summed E-state index contributed by atoms with van der Waals surface area (Å²) in [6.45, 7) is 1.99. The molecule has 1 heterocycles. The summed E-state index contributed by atoms with van der Waals surface area (Å²) in [5.41, 5.74) is 1.28. The van der Waals surface area contributed by atoms with Gasteiger partial charge in [0.2, 0.25) is 0 Å². The van der Waals surface area contributed by atoms with Crippen LogP contribution in [-0.2, 0) is 13.0 Å². The minimum Gasteiger partial charge on any atom is -0.458 e. The monoisotopic (exact) mass is 243 g/mol. The Labute approximate surface area is 107 Å². The van der Waals surface area contributed by atoms with Gasteiger partial charge in [-0.1, -0.05) is 30.3 Å². The predicted octanol–water partition coefficient (Wildman–Crippen LogP) is 2.82. The first-order valence-corrected chi connectivity index (χ1v) is 6.04. The van der Waals surface area contributed by atoms with E-state index in [1.165, 1.54) is 5.56 Å². The number of rotatable bonds is 5. The summed E-state index contributed by atoms with van der Waals surface area (Å²) >= 11 is 0. The molecule has 0 fully saturated rings. The SMILES string of the molecule is CC(Cc1ccccc1)N=Cc1ccc(CO)o1. The Morgan fingerprint density at radius 1 is 1.22 bits per heavy atom. The van der Waals surface area contributed by atoms with Crippen molar-refractivity contribution in [1.29, 1.82) is 0 Å². The lowest BCUT2D eigenvalue weighted by Gasteiger charge is -2.05. The average Bonchev–Trinajstić information content (AvgIpc) is 2.85. The second kappa shape index (κ2) is 6.17. The molecule has 18 heavy (non-hydrogen) atoms. The van der Waals surface area contributed by atoms with E-state index in [4.69, 9.17) is 9.52 Å². The fraction of sp³-hybridized carbons (Fsp3) is 0.267. The molecule has 0 aliphatic rings. The number of hydrogen-bond donors (Lipinski definition) is 1. The summed E-state index contributed by atoms with van der Waals surface area (Å²) in [6.07, 6.45) is 2.62. The van der Waals surface area contributed by atoms with Crippen molar-refractivity contribution in [2.24, 2.45) is 4.99 Å². The van der Waals surface area contributed by atoms with Crippen LogP contribution in [0.15, 0.2) is 51.9 Å². The lowest BCUT2D eigenvalue weighted by atomic mass is 10.1. The molecule has 1 aromatic carbocycles. The highest BCUT2D eigenvalue weighted by Crippen LogP contribution is 2.08. The molecule has 0 amide bonds. The highest BCUT2D eigenvalue weighted by molar-refractivity contribution is 5.76. The highest BCUT2D eigenvalue weighted by Gasteiger charge is 2.01. The van der Waals surface area contributed by atoms with Crippen LogP contribution in [0.4, 0.5) is 0 Å². The molecule has 0 aliphatic heterocycles. The smallest absolute Gasteiger partial charge is 0.144 e. The number of hydrogen-bond acceptors (Lipinski definition) is 3. The summed E-state index contributed by atoms with van der Waals surface area (Å²) in [4.78, 5) is 4.44. The van der Waals surface area contributed by atoms with Crippen LogP contribution in [0.1, 0.15) is 24.0 Å². The maximum atomic E-state index is 8.88. The molecule has 0 bridgehead atoms. The molecule has 1 N–H and O–H groups in total. The molecule has 1 aromatic heterocycles. The van der Waals surface area contributed by atoms with Gasteiger partial charge < -0.3 is 9.52 Å². The number of benzene rings is 1. The van der Waals surface area contributed by atoms with E-state index in [1.807, 2.05) is 24.3 Å². The molecule has 1 unspecified atom stereocenters. The van der Waals surface area contributed by atoms with Crippen molar-refractivity contribution in [3.63, 3.8) is 0 Å². The highest BCUT2D eigenvalue weighted by atomic mass is 16.4. The summed E-state index contributed by atoms with van der Waals surface area (Å²) < 4.78 is 5.33. The Morgan fingerprint density at radius 2 is 2.00 bits per heavy atom. The lowest BCUT2D eigenvalue weighted by Crippen LogP contribution is -2.03. The predicted molar refractivity (Wildman–Crippen MR) is 71.8 cm³/mol. The van der Waals surface area contributed by atoms with E-state index >= 15 is 0 Å².